The average Bonchev–Trinajstić information content (AvgIpc) is 4.07. The number of thiazole rings is 1. The molecule has 0 aliphatic heterocycles. The van der Waals surface area contributed by atoms with Gasteiger partial charge in [-0.1, -0.05) is 78.9 Å². The van der Waals surface area contributed by atoms with Crippen LogP contribution in [0.15, 0.2) is 156 Å². The minimum Gasteiger partial charge on any atom is -0.456 e. The highest BCUT2D eigenvalue weighted by Gasteiger charge is 2.29. The molecule has 258 valence electrons. The molecular weight excluding hydrogens is 715 g/mol. The number of para-hydroxylation sites is 5. The van der Waals surface area contributed by atoms with Crippen molar-refractivity contribution < 1.29 is 4.42 Å². The predicted octanol–water partition coefficient (Wildman–Crippen LogP) is 13.5. The Balaban J connectivity index is 1.29. The van der Waals surface area contributed by atoms with Gasteiger partial charge in [0.2, 0.25) is 0 Å². The predicted molar refractivity (Wildman–Crippen MR) is 229 cm³/mol. The van der Waals surface area contributed by atoms with E-state index in [0.717, 1.165) is 109 Å². The van der Waals surface area contributed by atoms with E-state index in [0.29, 0.717) is 0 Å². The topological polar surface area (TPSA) is 83.4 Å². The number of H-pyrrole nitrogens is 2. The lowest BCUT2D eigenvalue weighted by atomic mass is 9.90. The molecule has 8 heteroatoms. The molecule has 0 spiro atoms. The van der Waals surface area contributed by atoms with Crippen LogP contribution in [0.5, 0.6) is 0 Å². The third-order valence-corrected chi connectivity index (χ3v) is 12.6. The fourth-order valence-corrected chi connectivity index (χ4v) is 10.0. The quantitative estimate of drug-likeness (QED) is 0.184. The Morgan fingerprint density at radius 3 is 2.05 bits per heavy atom. The van der Waals surface area contributed by atoms with Crippen molar-refractivity contribution in [1.82, 2.24) is 24.9 Å². The van der Waals surface area contributed by atoms with Crippen LogP contribution in [-0.2, 0) is 0 Å². The molecule has 0 bridgehead atoms. The molecule has 12 rings (SSSR count). The molecule has 0 aliphatic carbocycles. The Hall–Kier alpha value is -6.87. The summed E-state index contributed by atoms with van der Waals surface area (Å²) < 4.78 is 9.14. The lowest BCUT2D eigenvalue weighted by Crippen LogP contribution is -1.99. The molecule has 2 N–H and O–H groups in total. The van der Waals surface area contributed by atoms with Crippen molar-refractivity contribution in [2.45, 2.75) is 0 Å². The Kier molecular flexibility index (Phi) is 6.57. The molecule has 0 radical (unpaired) electrons. The molecule has 0 fully saturated rings. The number of aromatic nitrogens is 5. The summed E-state index contributed by atoms with van der Waals surface area (Å²) in [5.74, 6) is 1.51. The van der Waals surface area contributed by atoms with E-state index in [-0.39, 0.29) is 0 Å². The van der Waals surface area contributed by atoms with E-state index >= 15 is 0 Å². The molecule has 6 aromatic carbocycles. The number of imidazole rings is 1. The van der Waals surface area contributed by atoms with E-state index < -0.39 is 0 Å². The van der Waals surface area contributed by atoms with Crippen molar-refractivity contribution in [3.05, 3.63) is 152 Å². The molecule has 0 unspecified atom stereocenters. The molecule has 6 aromatic heterocycles. The summed E-state index contributed by atoms with van der Waals surface area (Å²) >= 11 is 3.43. The van der Waals surface area contributed by atoms with Gasteiger partial charge in [0.25, 0.3) is 0 Å². The third kappa shape index (κ3) is 4.82. The number of hydrogen-bond acceptors (Lipinski definition) is 6. The standard InChI is InChI=1S/C47H27N5OS2/c1-4-14-30-26(11-1)23-35(48-30)29-21-22-34-42(41(29)37-24-27-12-2-8-18-36(27)53-37)43(40-25-28-13-3-9-19-38(28)54-40)44(46-50-31-15-5-6-16-32(31)51-46)45(49-34)47-52-33-17-7-10-20-39(33)55-47/h1-25,48H,(H,50,51). The van der Waals surface area contributed by atoms with Crippen LogP contribution in [0.1, 0.15) is 0 Å². The monoisotopic (exact) mass is 741 g/mol. The molecule has 6 nitrogen and oxygen atoms in total. The lowest BCUT2D eigenvalue weighted by molar-refractivity contribution is 0.632. The number of hydrogen-bond donors (Lipinski definition) is 2. The third-order valence-electron chi connectivity index (χ3n) is 10.4. The van der Waals surface area contributed by atoms with Crippen LogP contribution in [0.4, 0.5) is 0 Å². The van der Waals surface area contributed by atoms with Crippen LogP contribution < -0.4 is 0 Å². The normalized spacial score (nSPS) is 12.0. The minimum atomic E-state index is 0.740. The van der Waals surface area contributed by atoms with Crippen molar-refractivity contribution in [2.24, 2.45) is 0 Å². The Morgan fingerprint density at radius 2 is 1.24 bits per heavy atom. The molecule has 12 aromatic rings. The largest absolute Gasteiger partial charge is 0.456 e. The van der Waals surface area contributed by atoms with Gasteiger partial charge in [-0.2, -0.15) is 0 Å². The van der Waals surface area contributed by atoms with E-state index in [9.17, 15) is 0 Å². The molecule has 0 atom stereocenters. The number of nitrogens with zero attached hydrogens (tertiary/aromatic N) is 3. The number of nitrogens with one attached hydrogen (secondary N) is 2. The maximum absolute atomic E-state index is 6.82. The number of thiophene rings is 1. The second kappa shape index (κ2) is 11.8. The van der Waals surface area contributed by atoms with Crippen LogP contribution in [-0.4, -0.2) is 24.9 Å². The van der Waals surface area contributed by atoms with Crippen LogP contribution >= 0.6 is 22.7 Å². The van der Waals surface area contributed by atoms with E-state index in [1.165, 1.54) is 10.1 Å². The summed E-state index contributed by atoms with van der Waals surface area (Å²) in [5.41, 5.74) is 11.3. The van der Waals surface area contributed by atoms with Gasteiger partial charge in [0.1, 0.15) is 27.9 Å². The molecule has 6 heterocycles. The summed E-state index contributed by atoms with van der Waals surface area (Å²) in [6, 6.07) is 52.7. The Labute approximate surface area is 321 Å². The molecule has 0 amide bonds. The van der Waals surface area contributed by atoms with Crippen LogP contribution in [0.2, 0.25) is 0 Å². The molecular formula is C47H27N5OS2. The van der Waals surface area contributed by atoms with Gasteiger partial charge in [-0.05, 0) is 78.2 Å². The minimum absolute atomic E-state index is 0.740. The van der Waals surface area contributed by atoms with E-state index in [1.807, 2.05) is 36.4 Å². The van der Waals surface area contributed by atoms with Crippen molar-refractivity contribution >= 4 is 86.8 Å². The van der Waals surface area contributed by atoms with Gasteiger partial charge >= 0.3 is 0 Å². The van der Waals surface area contributed by atoms with E-state index in [1.54, 1.807) is 22.7 Å². The number of aromatic amines is 2. The summed E-state index contributed by atoms with van der Waals surface area (Å²) in [6.07, 6.45) is 0. The van der Waals surface area contributed by atoms with Gasteiger partial charge in [0.05, 0.1) is 32.3 Å². The first-order chi connectivity index (χ1) is 27.2. The smallest absolute Gasteiger partial charge is 0.143 e. The lowest BCUT2D eigenvalue weighted by Gasteiger charge is -2.18. The summed E-state index contributed by atoms with van der Waals surface area (Å²) in [4.78, 5) is 24.6. The number of benzene rings is 6. The average molecular weight is 742 g/mol. The van der Waals surface area contributed by atoms with Gasteiger partial charge in [0.15, 0.2) is 0 Å². The van der Waals surface area contributed by atoms with Crippen LogP contribution in [0, 0.1) is 0 Å². The zero-order valence-corrected chi connectivity index (χ0v) is 30.6. The van der Waals surface area contributed by atoms with Gasteiger partial charge in [0, 0.05) is 53.6 Å². The van der Waals surface area contributed by atoms with Crippen molar-refractivity contribution in [3.8, 4) is 55.1 Å². The van der Waals surface area contributed by atoms with Crippen LogP contribution in [0.25, 0.3) is 119 Å². The summed E-state index contributed by atoms with van der Waals surface area (Å²) in [7, 11) is 0. The summed E-state index contributed by atoms with van der Waals surface area (Å²) in [5, 5.41) is 5.19. The number of furan rings is 1. The zero-order chi connectivity index (χ0) is 36.0. The first kappa shape index (κ1) is 30.6. The van der Waals surface area contributed by atoms with Gasteiger partial charge in [-0.15, -0.1) is 22.7 Å². The fraction of sp³-hybridized carbons (Fsp3) is 0. The Bertz CT molecular complexity index is 3310. The molecule has 55 heavy (non-hydrogen) atoms. The highest BCUT2D eigenvalue weighted by atomic mass is 32.1. The van der Waals surface area contributed by atoms with Gasteiger partial charge in [-0.25, -0.2) is 15.0 Å². The van der Waals surface area contributed by atoms with Crippen molar-refractivity contribution in [2.75, 3.05) is 0 Å². The van der Waals surface area contributed by atoms with Crippen LogP contribution in [0.3, 0.4) is 0 Å². The van der Waals surface area contributed by atoms with Crippen molar-refractivity contribution in [3.63, 3.8) is 0 Å². The first-order valence-electron chi connectivity index (χ1n) is 18.1. The fourth-order valence-electron chi connectivity index (χ4n) is 7.94. The first-order valence-corrected chi connectivity index (χ1v) is 19.7. The highest BCUT2D eigenvalue weighted by Crippen LogP contribution is 2.51. The maximum Gasteiger partial charge on any atom is 0.143 e. The molecule has 0 saturated heterocycles. The van der Waals surface area contributed by atoms with Gasteiger partial charge < -0.3 is 14.4 Å². The number of pyridine rings is 1. The number of rotatable bonds is 5. The second-order valence-corrected chi connectivity index (χ2v) is 15.9. The highest BCUT2D eigenvalue weighted by molar-refractivity contribution is 7.22. The molecule has 0 aliphatic rings. The van der Waals surface area contributed by atoms with E-state index in [2.05, 4.69) is 125 Å². The SMILES string of the molecule is c1ccc2[nH]c(-c3ccc4nc(-c5nc6ccccc6s5)c(-c5nc6ccccc6[nH]5)c(-c5cc6ccccc6s5)c4c3-c3cc4ccccc4o3)cc2c1. The number of fused-ring (bicyclic) bond motifs is 6. The van der Waals surface area contributed by atoms with E-state index in [4.69, 9.17) is 19.4 Å². The zero-order valence-electron chi connectivity index (χ0n) is 29.0. The van der Waals surface area contributed by atoms with Crippen molar-refractivity contribution in [1.29, 1.82) is 0 Å². The van der Waals surface area contributed by atoms with Gasteiger partial charge in [-0.3, -0.25) is 0 Å². The second-order valence-electron chi connectivity index (χ2n) is 13.7. The summed E-state index contributed by atoms with van der Waals surface area (Å²) in [6.45, 7) is 0. The molecule has 0 saturated carbocycles. The Morgan fingerprint density at radius 1 is 0.491 bits per heavy atom. The maximum atomic E-state index is 6.82.